The zero-order valence-electron chi connectivity index (χ0n) is 17.2. The van der Waals surface area contributed by atoms with Gasteiger partial charge in [0.25, 0.3) is 5.91 Å². The van der Waals surface area contributed by atoms with Crippen molar-refractivity contribution in [3.63, 3.8) is 0 Å². The van der Waals surface area contributed by atoms with Crippen molar-refractivity contribution in [1.82, 2.24) is 14.4 Å². The van der Waals surface area contributed by atoms with Gasteiger partial charge in [-0.15, -0.1) is 0 Å². The number of esters is 1. The largest absolute Gasteiger partial charge is 0.503 e. The number of carbonyl (C=O) groups excluding carboxylic acids is 2. The van der Waals surface area contributed by atoms with Crippen LogP contribution in [0.4, 0.5) is 0 Å². The molecule has 170 valence electrons. The highest BCUT2D eigenvalue weighted by molar-refractivity contribution is 6.42. The third-order valence-corrected chi connectivity index (χ3v) is 5.40. The summed E-state index contributed by atoms with van der Waals surface area (Å²) in [5.41, 5.74) is 0.678. The van der Waals surface area contributed by atoms with Crippen LogP contribution >= 0.6 is 23.2 Å². The summed E-state index contributed by atoms with van der Waals surface area (Å²) >= 11 is 11.9. The molecule has 3 N–H and O–H groups in total. The summed E-state index contributed by atoms with van der Waals surface area (Å²) in [5, 5.41) is 30.4. The minimum absolute atomic E-state index is 0.0384. The van der Waals surface area contributed by atoms with Crippen LogP contribution in [-0.2, 0) is 22.6 Å². The second-order valence-electron chi connectivity index (χ2n) is 6.89. The van der Waals surface area contributed by atoms with Gasteiger partial charge in [-0.05, 0) is 17.7 Å². The van der Waals surface area contributed by atoms with E-state index in [-0.39, 0.29) is 44.9 Å². The molecule has 11 heteroatoms. The number of aromatic hydroxyl groups is 2. The van der Waals surface area contributed by atoms with E-state index in [0.29, 0.717) is 10.0 Å². The van der Waals surface area contributed by atoms with Crippen molar-refractivity contribution in [3.8, 4) is 11.6 Å². The third kappa shape index (κ3) is 6.51. The number of methoxy groups -OCH3 is 1. The molecule has 0 unspecified atom stereocenters. The van der Waals surface area contributed by atoms with E-state index in [2.05, 4.69) is 4.74 Å². The molecule has 0 aliphatic heterocycles. The predicted octanol–water partition coefficient (Wildman–Crippen LogP) is 1.95. The van der Waals surface area contributed by atoms with Gasteiger partial charge in [0.1, 0.15) is 5.56 Å². The van der Waals surface area contributed by atoms with Crippen LogP contribution in [0.25, 0.3) is 0 Å². The van der Waals surface area contributed by atoms with Crippen LogP contribution in [0.3, 0.4) is 0 Å². The van der Waals surface area contributed by atoms with Gasteiger partial charge in [-0.1, -0.05) is 29.3 Å². The van der Waals surface area contributed by atoms with Gasteiger partial charge in [-0.3, -0.25) is 14.5 Å². The van der Waals surface area contributed by atoms with Crippen molar-refractivity contribution >= 4 is 35.1 Å². The van der Waals surface area contributed by atoms with E-state index in [1.165, 1.54) is 22.8 Å². The number of benzene rings is 1. The maximum Gasteiger partial charge on any atom is 0.319 e. The summed E-state index contributed by atoms with van der Waals surface area (Å²) in [4.78, 5) is 27.3. The Hall–Kier alpha value is -2.46. The number of aliphatic hydroxyl groups excluding tert-OH is 1. The number of hydrogen-bond donors (Lipinski definition) is 3. The van der Waals surface area contributed by atoms with Crippen LogP contribution in [0.1, 0.15) is 15.9 Å². The van der Waals surface area contributed by atoms with Gasteiger partial charge in [-0.2, -0.15) is 0 Å². The predicted molar refractivity (Wildman–Crippen MR) is 116 cm³/mol. The van der Waals surface area contributed by atoms with Gasteiger partial charge in [-0.25, -0.2) is 0 Å². The van der Waals surface area contributed by atoms with Crippen LogP contribution in [0.15, 0.2) is 24.4 Å². The molecule has 1 aromatic carbocycles. The molecule has 31 heavy (non-hydrogen) atoms. The molecule has 0 saturated heterocycles. The lowest BCUT2D eigenvalue weighted by atomic mass is 10.2. The highest BCUT2D eigenvalue weighted by atomic mass is 35.5. The van der Waals surface area contributed by atoms with Crippen LogP contribution in [0.2, 0.25) is 10.0 Å². The van der Waals surface area contributed by atoms with E-state index in [9.17, 15) is 19.8 Å². The van der Waals surface area contributed by atoms with Crippen LogP contribution < -0.4 is 0 Å². The first-order valence-corrected chi connectivity index (χ1v) is 10.1. The molecule has 0 spiro atoms. The third-order valence-electron chi connectivity index (χ3n) is 4.66. The summed E-state index contributed by atoms with van der Waals surface area (Å²) in [5.74, 6) is -1.96. The normalized spacial score (nSPS) is 11.0. The second kappa shape index (κ2) is 11.2. The Morgan fingerprint density at radius 3 is 2.48 bits per heavy atom. The maximum atomic E-state index is 12.8. The molecule has 1 heterocycles. The van der Waals surface area contributed by atoms with Gasteiger partial charge < -0.3 is 29.5 Å². The molecule has 0 saturated carbocycles. The smallest absolute Gasteiger partial charge is 0.319 e. The van der Waals surface area contributed by atoms with Crippen molar-refractivity contribution in [1.29, 1.82) is 0 Å². The quantitative estimate of drug-likeness (QED) is 0.451. The van der Waals surface area contributed by atoms with E-state index < -0.39 is 23.5 Å². The van der Waals surface area contributed by atoms with Gasteiger partial charge in [0.05, 0.1) is 30.3 Å². The fourth-order valence-corrected chi connectivity index (χ4v) is 3.28. The number of rotatable bonds is 10. The zero-order chi connectivity index (χ0) is 23.1. The Bertz CT molecular complexity index is 934. The van der Waals surface area contributed by atoms with Crippen molar-refractivity contribution < 1.29 is 29.6 Å². The van der Waals surface area contributed by atoms with Crippen LogP contribution in [0, 0.1) is 0 Å². The molecule has 2 aromatic rings. The van der Waals surface area contributed by atoms with E-state index in [4.69, 9.17) is 28.3 Å². The van der Waals surface area contributed by atoms with Crippen LogP contribution in [0.5, 0.6) is 11.6 Å². The maximum absolute atomic E-state index is 12.8. The molecule has 9 nitrogen and oxygen atoms in total. The topological polar surface area (TPSA) is 115 Å². The second-order valence-corrected chi connectivity index (χ2v) is 7.71. The lowest BCUT2D eigenvalue weighted by Gasteiger charge is -2.20. The fraction of sp³-hybridized carbons (Fsp3) is 0.400. The Kier molecular flexibility index (Phi) is 9.00. The van der Waals surface area contributed by atoms with Crippen molar-refractivity contribution in [2.75, 3.05) is 40.4 Å². The average molecular weight is 474 g/mol. The molecule has 0 radical (unpaired) electrons. The summed E-state index contributed by atoms with van der Waals surface area (Å²) in [6.07, 6.45) is 1.34. The molecule has 1 aromatic heterocycles. The highest BCUT2D eigenvalue weighted by Gasteiger charge is 2.23. The molecule has 0 fully saturated rings. The molecule has 0 aliphatic rings. The highest BCUT2D eigenvalue weighted by Crippen LogP contribution is 2.32. The average Bonchev–Trinajstić information content (AvgIpc) is 3.02. The molecule has 0 atom stereocenters. The monoisotopic (exact) mass is 473 g/mol. The first-order valence-electron chi connectivity index (χ1n) is 9.38. The van der Waals surface area contributed by atoms with Crippen LogP contribution in [-0.4, -0.2) is 82.0 Å². The first kappa shape index (κ1) is 24.8. The van der Waals surface area contributed by atoms with Crippen molar-refractivity contribution in [3.05, 3.63) is 45.6 Å². The van der Waals surface area contributed by atoms with E-state index >= 15 is 0 Å². The molecular weight excluding hydrogens is 449 g/mol. The van der Waals surface area contributed by atoms with Gasteiger partial charge in [0, 0.05) is 39.4 Å². The number of carbonyl (C=O) groups is 2. The Morgan fingerprint density at radius 1 is 1.16 bits per heavy atom. The van der Waals surface area contributed by atoms with Crippen molar-refractivity contribution in [2.45, 2.75) is 13.1 Å². The standard InChI is InChI=1S/C20H25Cl2N3O6/c1-23(10-13-3-4-15(21)16(22)9-13)19(29)14-11-25(20(30)18(14)28)6-5-24(7-8-26)12-17(27)31-2/h3-4,9,11,26,28,30H,5-8,10,12H2,1-2H3. The Labute approximate surface area is 190 Å². The molecule has 1 amide bonds. The zero-order valence-corrected chi connectivity index (χ0v) is 18.7. The lowest BCUT2D eigenvalue weighted by Crippen LogP contribution is -2.35. The minimum atomic E-state index is -0.535. The molecule has 0 bridgehead atoms. The van der Waals surface area contributed by atoms with Crippen molar-refractivity contribution in [2.24, 2.45) is 0 Å². The molecule has 2 rings (SSSR count). The van der Waals surface area contributed by atoms with Gasteiger partial charge in [0.15, 0.2) is 5.75 Å². The number of hydrogen-bond acceptors (Lipinski definition) is 7. The Balaban J connectivity index is 2.10. The molecule has 0 aliphatic carbocycles. The van der Waals surface area contributed by atoms with E-state index in [1.807, 2.05) is 0 Å². The van der Waals surface area contributed by atoms with Gasteiger partial charge in [0.2, 0.25) is 5.88 Å². The van der Waals surface area contributed by atoms with E-state index in [0.717, 1.165) is 5.56 Å². The summed E-state index contributed by atoms with van der Waals surface area (Å²) in [7, 11) is 2.82. The number of amides is 1. The Morgan fingerprint density at radius 2 is 1.87 bits per heavy atom. The number of aliphatic hydroxyl groups is 1. The van der Waals surface area contributed by atoms with Gasteiger partial charge >= 0.3 is 5.97 Å². The lowest BCUT2D eigenvalue weighted by molar-refractivity contribution is -0.142. The SMILES string of the molecule is COC(=O)CN(CCO)CCn1cc(C(=O)N(C)Cc2ccc(Cl)c(Cl)c2)c(O)c1O. The molecular formula is C20H25Cl2N3O6. The first-order chi connectivity index (χ1) is 14.7. The fourth-order valence-electron chi connectivity index (χ4n) is 2.96. The summed E-state index contributed by atoms with van der Waals surface area (Å²) in [6.45, 7) is 0.669. The van der Waals surface area contributed by atoms with E-state index in [1.54, 1.807) is 30.1 Å². The number of ether oxygens (including phenoxy) is 1. The minimum Gasteiger partial charge on any atom is -0.503 e. The number of halogens is 2. The summed E-state index contributed by atoms with van der Waals surface area (Å²) < 4.78 is 5.93. The number of nitrogens with zero attached hydrogens (tertiary/aromatic N) is 3. The summed E-state index contributed by atoms with van der Waals surface area (Å²) in [6, 6.07) is 5.01. The number of aromatic nitrogens is 1.